The minimum absolute atomic E-state index is 0.409. The van der Waals surface area contributed by atoms with Crippen LogP contribution in [-0.4, -0.2) is 24.0 Å². The van der Waals surface area contributed by atoms with Gasteiger partial charge in [-0.05, 0) is 73.0 Å². The lowest BCUT2D eigenvalue weighted by Gasteiger charge is -2.27. The minimum atomic E-state index is 0.409. The van der Waals surface area contributed by atoms with Gasteiger partial charge >= 0.3 is 0 Å². The zero-order chi connectivity index (χ0) is 13.7. The summed E-state index contributed by atoms with van der Waals surface area (Å²) in [5.74, 6) is 0. The van der Waals surface area contributed by atoms with Crippen LogP contribution in [0.4, 0.5) is 0 Å². The van der Waals surface area contributed by atoms with E-state index in [1.807, 2.05) is 11.3 Å². The Morgan fingerprint density at radius 1 is 1.37 bits per heavy atom. The minimum Gasteiger partial charge on any atom is -0.330 e. The van der Waals surface area contributed by atoms with Gasteiger partial charge in [-0.25, -0.2) is 0 Å². The Kier molecular flexibility index (Phi) is 5.43. The highest BCUT2D eigenvalue weighted by atomic mass is 32.1. The van der Waals surface area contributed by atoms with E-state index in [0.717, 1.165) is 25.6 Å². The summed E-state index contributed by atoms with van der Waals surface area (Å²) < 4.78 is 0. The van der Waals surface area contributed by atoms with E-state index >= 15 is 0 Å². The topological polar surface area (TPSA) is 29.3 Å². The molecule has 3 heteroatoms. The number of nitrogens with zero attached hydrogens (tertiary/aromatic N) is 1. The maximum absolute atomic E-state index is 5.69. The van der Waals surface area contributed by atoms with Crippen molar-refractivity contribution in [2.45, 2.75) is 58.5 Å². The van der Waals surface area contributed by atoms with E-state index in [1.54, 1.807) is 0 Å². The number of hydrogen-bond acceptors (Lipinski definition) is 3. The third-order valence-corrected chi connectivity index (χ3v) is 4.88. The Morgan fingerprint density at radius 2 is 2.16 bits per heavy atom. The standard InChI is InChI=1S/C16H28N2S/c1-16(2,8-9-17)7-3-10-18(15-4-5-15)12-14-6-11-19-13-14/h6,11,13,15H,3-5,7-10,12,17H2,1-2H3. The van der Waals surface area contributed by atoms with Crippen LogP contribution in [-0.2, 0) is 6.54 Å². The van der Waals surface area contributed by atoms with Gasteiger partial charge in [-0.3, -0.25) is 4.90 Å². The van der Waals surface area contributed by atoms with E-state index < -0.39 is 0 Å². The van der Waals surface area contributed by atoms with Crippen LogP contribution in [0.3, 0.4) is 0 Å². The molecule has 0 unspecified atom stereocenters. The first-order chi connectivity index (χ1) is 9.11. The number of hydrogen-bond donors (Lipinski definition) is 1. The molecule has 0 aliphatic heterocycles. The van der Waals surface area contributed by atoms with Gasteiger partial charge in [-0.2, -0.15) is 11.3 Å². The molecule has 2 rings (SSSR count). The van der Waals surface area contributed by atoms with Crippen molar-refractivity contribution >= 4 is 11.3 Å². The molecule has 1 aliphatic carbocycles. The molecule has 1 aromatic heterocycles. The van der Waals surface area contributed by atoms with Crippen molar-refractivity contribution in [3.05, 3.63) is 22.4 Å². The van der Waals surface area contributed by atoms with Gasteiger partial charge in [0, 0.05) is 12.6 Å². The zero-order valence-electron chi connectivity index (χ0n) is 12.4. The largest absolute Gasteiger partial charge is 0.330 e. The second-order valence-electron chi connectivity index (χ2n) is 6.64. The third kappa shape index (κ3) is 5.25. The summed E-state index contributed by atoms with van der Waals surface area (Å²) in [6, 6.07) is 3.12. The van der Waals surface area contributed by atoms with Crippen LogP contribution in [0.25, 0.3) is 0 Å². The van der Waals surface area contributed by atoms with Crippen molar-refractivity contribution in [1.29, 1.82) is 0 Å². The lowest BCUT2D eigenvalue weighted by Crippen LogP contribution is -2.28. The van der Waals surface area contributed by atoms with E-state index in [0.29, 0.717) is 5.41 Å². The molecule has 0 atom stereocenters. The smallest absolute Gasteiger partial charge is 0.0244 e. The quantitative estimate of drug-likeness (QED) is 0.744. The number of rotatable bonds is 9. The van der Waals surface area contributed by atoms with Crippen molar-refractivity contribution in [2.24, 2.45) is 11.1 Å². The van der Waals surface area contributed by atoms with E-state index in [1.165, 1.54) is 37.8 Å². The summed E-state index contributed by atoms with van der Waals surface area (Å²) in [5.41, 5.74) is 7.58. The van der Waals surface area contributed by atoms with Crippen LogP contribution < -0.4 is 5.73 Å². The molecule has 1 fully saturated rings. The van der Waals surface area contributed by atoms with E-state index in [4.69, 9.17) is 5.73 Å². The van der Waals surface area contributed by atoms with E-state index in [-0.39, 0.29) is 0 Å². The maximum atomic E-state index is 5.69. The molecule has 2 N–H and O–H groups in total. The van der Waals surface area contributed by atoms with Gasteiger partial charge in [0.05, 0.1) is 0 Å². The third-order valence-electron chi connectivity index (χ3n) is 4.15. The van der Waals surface area contributed by atoms with Crippen LogP contribution in [0.1, 0.15) is 51.5 Å². The van der Waals surface area contributed by atoms with Gasteiger partial charge in [0.1, 0.15) is 0 Å². The summed E-state index contributed by atoms with van der Waals surface area (Å²) in [7, 11) is 0. The number of nitrogens with two attached hydrogens (primary N) is 1. The first-order valence-corrected chi connectivity index (χ1v) is 8.50. The molecule has 1 heterocycles. The molecule has 0 radical (unpaired) electrons. The molecule has 19 heavy (non-hydrogen) atoms. The second kappa shape index (κ2) is 6.87. The average molecular weight is 280 g/mol. The molecule has 1 saturated carbocycles. The van der Waals surface area contributed by atoms with Crippen molar-refractivity contribution in [1.82, 2.24) is 4.90 Å². The summed E-state index contributed by atoms with van der Waals surface area (Å²) >= 11 is 1.81. The fourth-order valence-electron chi connectivity index (χ4n) is 2.72. The average Bonchev–Trinajstić information content (AvgIpc) is 3.06. The molecule has 1 aliphatic rings. The fraction of sp³-hybridized carbons (Fsp3) is 0.750. The molecule has 0 saturated heterocycles. The molecular formula is C16H28N2S. The molecule has 0 bridgehead atoms. The van der Waals surface area contributed by atoms with Gasteiger partial charge in [0.2, 0.25) is 0 Å². The molecule has 0 spiro atoms. The van der Waals surface area contributed by atoms with Crippen LogP contribution in [0.2, 0.25) is 0 Å². The summed E-state index contributed by atoms with van der Waals surface area (Å²) in [6.45, 7) is 7.90. The first-order valence-electron chi connectivity index (χ1n) is 7.56. The number of thiophene rings is 1. The van der Waals surface area contributed by atoms with E-state index in [9.17, 15) is 0 Å². The Hall–Kier alpha value is -0.380. The van der Waals surface area contributed by atoms with Gasteiger partial charge in [0.15, 0.2) is 0 Å². The van der Waals surface area contributed by atoms with Gasteiger partial charge in [0.25, 0.3) is 0 Å². The monoisotopic (exact) mass is 280 g/mol. The van der Waals surface area contributed by atoms with Crippen LogP contribution in [0.5, 0.6) is 0 Å². The SMILES string of the molecule is CC(C)(CCN)CCCN(Cc1ccsc1)C1CC1. The highest BCUT2D eigenvalue weighted by Crippen LogP contribution is 2.31. The molecule has 0 amide bonds. The Bertz CT molecular complexity index is 355. The van der Waals surface area contributed by atoms with Crippen LogP contribution >= 0.6 is 11.3 Å². The van der Waals surface area contributed by atoms with Gasteiger partial charge in [-0.1, -0.05) is 13.8 Å². The lowest BCUT2D eigenvalue weighted by molar-refractivity contribution is 0.222. The zero-order valence-corrected chi connectivity index (χ0v) is 13.2. The predicted molar refractivity (Wildman–Crippen MR) is 84.4 cm³/mol. The normalized spacial score (nSPS) is 16.2. The Morgan fingerprint density at radius 3 is 2.74 bits per heavy atom. The van der Waals surface area contributed by atoms with Gasteiger partial charge < -0.3 is 5.73 Å². The molecular weight excluding hydrogens is 252 g/mol. The highest BCUT2D eigenvalue weighted by Gasteiger charge is 2.29. The Balaban J connectivity index is 1.75. The lowest BCUT2D eigenvalue weighted by atomic mass is 9.84. The van der Waals surface area contributed by atoms with Crippen molar-refractivity contribution in [3.63, 3.8) is 0 Å². The van der Waals surface area contributed by atoms with Gasteiger partial charge in [-0.15, -0.1) is 0 Å². The van der Waals surface area contributed by atoms with Crippen LogP contribution in [0.15, 0.2) is 16.8 Å². The summed E-state index contributed by atoms with van der Waals surface area (Å²) in [5, 5.41) is 4.47. The van der Waals surface area contributed by atoms with Crippen molar-refractivity contribution in [3.8, 4) is 0 Å². The molecule has 0 aromatic carbocycles. The first kappa shape index (κ1) is 15.0. The van der Waals surface area contributed by atoms with Crippen LogP contribution in [0, 0.1) is 5.41 Å². The second-order valence-corrected chi connectivity index (χ2v) is 7.42. The Labute approximate surface area is 122 Å². The maximum Gasteiger partial charge on any atom is 0.0244 e. The highest BCUT2D eigenvalue weighted by molar-refractivity contribution is 7.07. The summed E-state index contributed by atoms with van der Waals surface area (Å²) in [6.07, 6.45) is 6.53. The van der Waals surface area contributed by atoms with E-state index in [2.05, 4.69) is 35.6 Å². The summed E-state index contributed by atoms with van der Waals surface area (Å²) in [4.78, 5) is 2.68. The fourth-order valence-corrected chi connectivity index (χ4v) is 3.38. The molecule has 108 valence electrons. The van der Waals surface area contributed by atoms with Crippen molar-refractivity contribution in [2.75, 3.05) is 13.1 Å². The predicted octanol–water partition coefficient (Wildman–Crippen LogP) is 3.87. The molecule has 1 aromatic rings. The van der Waals surface area contributed by atoms with Crippen molar-refractivity contribution < 1.29 is 0 Å². The molecule has 2 nitrogen and oxygen atoms in total.